The highest BCUT2D eigenvalue weighted by atomic mass is 35.5. The van der Waals surface area contributed by atoms with E-state index in [0.717, 1.165) is 0 Å². The molecule has 10 heavy (non-hydrogen) atoms. The summed E-state index contributed by atoms with van der Waals surface area (Å²) < 4.78 is 2.20. The smallest absolute Gasteiger partial charge is 0.262 e. The van der Waals surface area contributed by atoms with Crippen molar-refractivity contribution in [2.45, 2.75) is 19.9 Å². The van der Waals surface area contributed by atoms with Crippen molar-refractivity contribution in [3.63, 3.8) is 0 Å². The van der Waals surface area contributed by atoms with Gasteiger partial charge in [-0.3, -0.25) is 8.75 Å². The van der Waals surface area contributed by atoms with Gasteiger partial charge in [-0.1, -0.05) is 11.6 Å². The van der Waals surface area contributed by atoms with Gasteiger partial charge in [-0.15, -0.1) is 0 Å². The van der Waals surface area contributed by atoms with Crippen LogP contribution in [0.2, 0.25) is 4.34 Å². The van der Waals surface area contributed by atoms with Gasteiger partial charge in [0.25, 0.3) is 5.56 Å². The Hall–Kier alpha value is -0.280. The van der Waals surface area contributed by atoms with Crippen molar-refractivity contribution in [2.75, 3.05) is 0 Å². The lowest BCUT2D eigenvalue weighted by molar-refractivity contribution is 0.633. The van der Waals surface area contributed by atoms with Crippen molar-refractivity contribution >= 4 is 23.1 Å². The molecule has 0 bridgehead atoms. The maximum Gasteiger partial charge on any atom is 0.262 e. The SMILES string of the molecule is CC(C)n1sc(Cl)cc1=O. The average Bonchev–Trinajstić information content (AvgIpc) is 2.10. The highest BCUT2D eigenvalue weighted by molar-refractivity contribution is 7.11. The zero-order valence-electron chi connectivity index (χ0n) is 5.80. The molecule has 0 aliphatic carbocycles. The predicted molar refractivity (Wildman–Crippen MR) is 44.0 cm³/mol. The molecule has 1 aromatic rings. The molecule has 2 nitrogen and oxygen atoms in total. The fourth-order valence-electron chi connectivity index (χ4n) is 0.686. The molecule has 0 atom stereocenters. The molecule has 0 saturated carbocycles. The lowest BCUT2D eigenvalue weighted by atomic mass is 10.4. The van der Waals surface area contributed by atoms with E-state index in [1.165, 1.54) is 17.6 Å². The zero-order chi connectivity index (χ0) is 7.72. The monoisotopic (exact) mass is 177 g/mol. The summed E-state index contributed by atoms with van der Waals surface area (Å²) in [6, 6.07) is 1.65. The van der Waals surface area contributed by atoms with E-state index in [0.29, 0.717) is 4.34 Å². The second-order valence-electron chi connectivity index (χ2n) is 2.30. The lowest BCUT2D eigenvalue weighted by Crippen LogP contribution is -2.13. The van der Waals surface area contributed by atoms with Gasteiger partial charge in [0, 0.05) is 12.1 Å². The van der Waals surface area contributed by atoms with Crippen LogP contribution < -0.4 is 5.56 Å². The van der Waals surface area contributed by atoms with Crippen LogP contribution in [0.3, 0.4) is 0 Å². The summed E-state index contributed by atoms with van der Waals surface area (Å²) in [5, 5.41) is 0. The van der Waals surface area contributed by atoms with Gasteiger partial charge in [0.05, 0.1) is 0 Å². The van der Waals surface area contributed by atoms with Crippen LogP contribution in [0.25, 0.3) is 0 Å². The molecule has 4 heteroatoms. The first-order valence-corrected chi connectivity index (χ1v) is 4.15. The maximum absolute atomic E-state index is 11.0. The Morgan fingerprint density at radius 3 is 2.50 bits per heavy atom. The summed E-state index contributed by atoms with van der Waals surface area (Å²) in [4.78, 5) is 11.0. The molecule has 0 radical (unpaired) electrons. The first-order chi connectivity index (χ1) is 4.61. The number of halogens is 1. The Labute approximate surface area is 68.2 Å². The summed E-state index contributed by atoms with van der Waals surface area (Å²) in [5.41, 5.74) is -0.00926. The molecular formula is C6H8ClNOS. The second kappa shape index (κ2) is 2.76. The molecule has 0 aliphatic heterocycles. The highest BCUT2D eigenvalue weighted by Crippen LogP contribution is 2.15. The van der Waals surface area contributed by atoms with Crippen LogP contribution in [0, 0.1) is 0 Å². The topological polar surface area (TPSA) is 22.0 Å². The second-order valence-corrected chi connectivity index (χ2v) is 3.94. The molecule has 0 aromatic carbocycles. The lowest BCUT2D eigenvalue weighted by Gasteiger charge is -2.01. The Bertz CT molecular complexity index is 276. The van der Waals surface area contributed by atoms with Crippen LogP contribution in [0.1, 0.15) is 19.9 Å². The molecule has 0 unspecified atom stereocenters. The normalized spacial score (nSPS) is 10.8. The molecule has 0 saturated heterocycles. The van der Waals surface area contributed by atoms with Crippen molar-refractivity contribution in [1.82, 2.24) is 3.96 Å². The summed E-state index contributed by atoms with van der Waals surface area (Å²) in [6.45, 7) is 3.91. The molecular weight excluding hydrogens is 170 g/mol. The Balaban J connectivity index is 3.16. The molecule has 0 fully saturated rings. The molecule has 0 N–H and O–H groups in total. The first kappa shape index (κ1) is 7.82. The minimum absolute atomic E-state index is 0.00926. The highest BCUT2D eigenvalue weighted by Gasteiger charge is 2.03. The standard InChI is InChI=1S/C6H8ClNOS/c1-4(2)8-6(9)3-5(7)10-8/h3-4H,1-2H3. The number of hydrogen-bond acceptors (Lipinski definition) is 2. The predicted octanol–water partition coefficient (Wildman–Crippen LogP) is 2.14. The third-order valence-electron chi connectivity index (χ3n) is 1.11. The Kier molecular flexibility index (Phi) is 2.16. The quantitative estimate of drug-likeness (QED) is 0.645. The van der Waals surface area contributed by atoms with Crippen molar-refractivity contribution in [2.24, 2.45) is 0 Å². The first-order valence-electron chi connectivity index (χ1n) is 2.99. The van der Waals surface area contributed by atoms with Gasteiger partial charge in [-0.05, 0) is 25.4 Å². The third kappa shape index (κ3) is 1.41. The summed E-state index contributed by atoms with van der Waals surface area (Å²) in [6.07, 6.45) is 0. The summed E-state index contributed by atoms with van der Waals surface area (Å²) >= 11 is 6.90. The molecule has 1 heterocycles. The maximum atomic E-state index is 11.0. The molecule has 0 spiro atoms. The van der Waals surface area contributed by atoms with E-state index in [9.17, 15) is 4.79 Å². The molecule has 1 rings (SSSR count). The van der Waals surface area contributed by atoms with Gasteiger partial charge in [-0.2, -0.15) is 0 Å². The molecule has 0 amide bonds. The van der Waals surface area contributed by atoms with Gasteiger partial charge >= 0.3 is 0 Å². The van der Waals surface area contributed by atoms with E-state index in [4.69, 9.17) is 11.6 Å². The molecule has 56 valence electrons. The van der Waals surface area contributed by atoms with Crippen LogP contribution in [0.4, 0.5) is 0 Å². The van der Waals surface area contributed by atoms with E-state index in [-0.39, 0.29) is 11.6 Å². The Morgan fingerprint density at radius 2 is 2.30 bits per heavy atom. The number of aromatic nitrogens is 1. The van der Waals surface area contributed by atoms with Crippen LogP contribution in [-0.4, -0.2) is 3.96 Å². The summed E-state index contributed by atoms with van der Waals surface area (Å²) in [5.74, 6) is 0. The number of rotatable bonds is 1. The van der Waals surface area contributed by atoms with Gasteiger partial charge in [0.2, 0.25) is 0 Å². The zero-order valence-corrected chi connectivity index (χ0v) is 7.37. The van der Waals surface area contributed by atoms with Gasteiger partial charge in [-0.25, -0.2) is 0 Å². The summed E-state index contributed by atoms with van der Waals surface area (Å²) in [7, 11) is 0. The minimum Gasteiger partial charge on any atom is -0.268 e. The van der Waals surface area contributed by atoms with Crippen molar-refractivity contribution < 1.29 is 0 Å². The fourth-order valence-corrected chi connectivity index (χ4v) is 1.70. The van der Waals surface area contributed by atoms with E-state index in [1.807, 2.05) is 13.8 Å². The van der Waals surface area contributed by atoms with E-state index >= 15 is 0 Å². The number of hydrogen-bond donors (Lipinski definition) is 0. The molecule has 1 aromatic heterocycles. The van der Waals surface area contributed by atoms with Gasteiger partial charge in [0.15, 0.2) is 0 Å². The molecule has 0 aliphatic rings. The minimum atomic E-state index is -0.00926. The van der Waals surface area contributed by atoms with Crippen molar-refractivity contribution in [3.05, 3.63) is 20.8 Å². The van der Waals surface area contributed by atoms with Crippen LogP contribution in [0.5, 0.6) is 0 Å². The Morgan fingerprint density at radius 1 is 1.70 bits per heavy atom. The van der Waals surface area contributed by atoms with E-state index in [1.54, 1.807) is 3.96 Å². The van der Waals surface area contributed by atoms with E-state index in [2.05, 4.69) is 0 Å². The van der Waals surface area contributed by atoms with Crippen LogP contribution in [0.15, 0.2) is 10.9 Å². The van der Waals surface area contributed by atoms with Gasteiger partial charge in [0.1, 0.15) is 4.34 Å². The fraction of sp³-hybridized carbons (Fsp3) is 0.500. The van der Waals surface area contributed by atoms with E-state index < -0.39 is 0 Å². The van der Waals surface area contributed by atoms with Crippen molar-refractivity contribution in [1.29, 1.82) is 0 Å². The number of nitrogens with zero attached hydrogens (tertiary/aromatic N) is 1. The van der Waals surface area contributed by atoms with Crippen LogP contribution >= 0.6 is 23.1 Å². The average molecular weight is 178 g/mol. The third-order valence-corrected chi connectivity index (χ3v) is 2.52. The largest absolute Gasteiger partial charge is 0.268 e. The van der Waals surface area contributed by atoms with Crippen LogP contribution in [-0.2, 0) is 0 Å². The van der Waals surface area contributed by atoms with Gasteiger partial charge < -0.3 is 0 Å². The van der Waals surface area contributed by atoms with Crippen molar-refractivity contribution in [3.8, 4) is 0 Å².